The number of nitrogens with zero attached hydrogens (tertiary/aromatic N) is 10. The number of fused-ring (bicyclic) bond motifs is 24. The summed E-state index contributed by atoms with van der Waals surface area (Å²) in [5.41, 5.74) is 12.9. The Morgan fingerprint density at radius 2 is 0.478 bits per heavy atom. The number of benzene rings is 9. The molecule has 462 valence electrons. The van der Waals surface area contributed by atoms with Crippen LogP contribution in [0.25, 0.3) is 0 Å². The molecule has 0 aliphatic carbocycles. The molecule has 9 aromatic carbocycles. The first-order chi connectivity index (χ1) is 47.6. The molecule has 0 unspecified atom stereocenters. The van der Waals surface area contributed by atoms with E-state index in [2.05, 4.69) is 141 Å². The Labute approximate surface area is 565 Å². The van der Waals surface area contributed by atoms with Crippen molar-refractivity contribution in [2.24, 2.45) is 0 Å². The van der Waals surface area contributed by atoms with Crippen molar-refractivity contribution in [3.63, 3.8) is 0 Å². The van der Waals surface area contributed by atoms with E-state index in [1.165, 1.54) is 19.6 Å². The Morgan fingerprint density at radius 1 is 0.267 bits per heavy atom. The molecule has 0 saturated heterocycles. The molecule has 0 fully saturated rings. The molecule has 8 bridgehead atoms. The first-order valence-electron chi connectivity index (χ1n) is 36.1. The van der Waals surface area contributed by atoms with Gasteiger partial charge in [0.05, 0.1) is 0 Å². The van der Waals surface area contributed by atoms with Gasteiger partial charge in [0, 0.05) is 0 Å². The summed E-state index contributed by atoms with van der Waals surface area (Å²) >= 11 is -3.55. The molecule has 0 saturated carbocycles. The molecule has 0 spiro atoms. The predicted octanol–water partition coefficient (Wildman–Crippen LogP) is 17.9. The van der Waals surface area contributed by atoms with Crippen molar-refractivity contribution in [3.05, 3.63) is 216 Å². The summed E-state index contributed by atoms with van der Waals surface area (Å²) in [5.74, 6) is 0. The molecule has 0 radical (unpaired) electrons. The first-order valence-corrected chi connectivity index (χ1v) is 34.6. The Morgan fingerprint density at radius 3 is 0.678 bits per heavy atom. The number of hydrogen-bond donors (Lipinski definition) is 0. The third-order valence-corrected chi connectivity index (χ3v) is 23.4. The summed E-state index contributed by atoms with van der Waals surface area (Å²) < 4.78 is 114. The van der Waals surface area contributed by atoms with Crippen LogP contribution in [0.5, 0.6) is 0 Å². The van der Waals surface area contributed by atoms with Crippen molar-refractivity contribution < 1.29 is 51.7 Å². The topological polar surface area (TPSA) is 32.4 Å². The van der Waals surface area contributed by atoms with E-state index >= 15 is 0 Å². The fourth-order valence-corrected chi connectivity index (χ4v) is 18.5. The van der Waals surface area contributed by atoms with Crippen LogP contribution in [-0.4, -0.2) is 44.5 Å². The number of hydrogen-bond acceptors (Lipinski definition) is 10. The third kappa shape index (κ3) is 9.39. The average Bonchev–Trinajstić information content (AvgIpc) is 1.55. The Kier molecular flexibility index (Phi) is 10.6. The second kappa shape index (κ2) is 20.7. The quantitative estimate of drug-likeness (QED) is 0.156. The Balaban J connectivity index is 0.962. The van der Waals surface area contributed by atoms with Crippen LogP contribution in [0, 0.1) is 24.3 Å². The van der Waals surface area contributed by atoms with Gasteiger partial charge in [-0.15, -0.1) is 0 Å². The van der Waals surface area contributed by atoms with Crippen molar-refractivity contribution in [2.45, 2.75) is 105 Å². The summed E-state index contributed by atoms with van der Waals surface area (Å²) in [6.07, 6.45) is 0. The predicted molar refractivity (Wildman–Crippen MR) is 374 cm³/mol. The van der Waals surface area contributed by atoms with Gasteiger partial charge in [-0.2, -0.15) is 0 Å². The van der Waals surface area contributed by atoms with Gasteiger partial charge in [0.15, 0.2) is 0 Å². The minimum absolute atomic E-state index is 0.338. The molecule has 9 aromatic rings. The van der Waals surface area contributed by atoms with Gasteiger partial charge in [0.2, 0.25) is 0 Å². The SMILES string of the molecule is [2H]C([2H])([2H])N1[C]2=[Pt]=[C]3N(c4[c-]c(ccc4)N(c4ccc(N5c6[c-]c(ccc6)N6[C](=[Pt]=[C]7N(c8[c-]c5ccc8)c5cc(C(C)(C)C)ccc5N7C([2H])([2H])[2H])N(C([2H])([2H])[2H])c5ccc(C(C)(C)C)cc56)cc4)c4[c-]c(ccc4)N2c2cc(C(C)(C)C)ccc21)c1cc(C(C)(C)C)ccc1N3C([2H])([2H])[2H]. The van der Waals surface area contributed by atoms with E-state index in [1.54, 1.807) is 0 Å². The van der Waals surface area contributed by atoms with E-state index < -0.39 is 63.2 Å². The van der Waals surface area contributed by atoms with Gasteiger partial charge in [0.25, 0.3) is 0 Å². The monoisotopic (exact) mass is 1550 g/mol. The van der Waals surface area contributed by atoms with E-state index in [0.29, 0.717) is 119 Å². The van der Waals surface area contributed by atoms with Crippen LogP contribution < -0.4 is 49.0 Å². The maximum absolute atomic E-state index is 9.33. The van der Waals surface area contributed by atoms with Gasteiger partial charge in [-0.3, -0.25) is 0 Å². The second-order valence-corrected chi connectivity index (χ2v) is 32.7. The third-order valence-electron chi connectivity index (χ3n) is 17.3. The zero-order valence-corrected chi connectivity index (χ0v) is 56.8. The van der Waals surface area contributed by atoms with Crippen LogP contribution in [0.3, 0.4) is 0 Å². The number of rotatable bonds is 2. The summed E-state index contributed by atoms with van der Waals surface area (Å²) in [6, 6.07) is 70.1. The molecule has 90 heavy (non-hydrogen) atoms. The van der Waals surface area contributed by atoms with Crippen LogP contribution in [0.1, 0.15) is 122 Å². The van der Waals surface area contributed by atoms with E-state index in [1.807, 2.05) is 165 Å². The molecule has 0 aromatic heterocycles. The second-order valence-electron chi connectivity index (χ2n) is 27.5. The molecule has 0 amide bonds. The van der Waals surface area contributed by atoms with Crippen LogP contribution in [0.4, 0.5) is 102 Å². The maximum atomic E-state index is 9.33. The molecule has 6 aliphatic rings. The minimum atomic E-state index is -2.71. The van der Waals surface area contributed by atoms with Gasteiger partial charge in [0.1, 0.15) is 0 Å². The van der Waals surface area contributed by atoms with Crippen molar-refractivity contribution in [2.75, 3.05) is 76.9 Å². The molecule has 15 rings (SSSR count). The molecule has 6 heterocycles. The molecular formula is C78H76N10Pt2-4. The van der Waals surface area contributed by atoms with Crippen molar-refractivity contribution >= 4 is 119 Å². The van der Waals surface area contributed by atoms with Crippen LogP contribution >= 0.6 is 0 Å². The average molecular weight is 1560 g/mol. The van der Waals surface area contributed by atoms with Crippen molar-refractivity contribution in [1.29, 1.82) is 0 Å². The standard InChI is InChI=1S/C78H76N10.2Pt/c1-75(2,3)53-29-37-67-71(41-53)83(49-79(67)13)59-21-17-25-63(45-59)87(64-26-18-22-60(46-64)84-50-80(14)68-38-30-54(42-72(68)84)76(4,5)6)57-33-35-58(36-34-57)88(65-27-19-23-61(47-65)85-51-81(15)69-39-31-55(43-73(69)85)77(7,8)9)66-28-20-24-62(48-66)86-52-82(16)70-40-32-56(44-74(70)86)78(10,11)12;;/h17-44H,1-16H3;;/q-4;;/i13D3,14D3,15D3,16D3;;. The van der Waals surface area contributed by atoms with Crippen molar-refractivity contribution in [1.82, 2.24) is 0 Å². The molecular weight excluding hydrogens is 1470 g/mol. The molecule has 0 atom stereocenters. The van der Waals surface area contributed by atoms with E-state index in [4.69, 9.17) is 0 Å². The zero-order chi connectivity index (χ0) is 72.8. The van der Waals surface area contributed by atoms with E-state index in [0.717, 1.165) is 22.3 Å². The molecule has 6 aliphatic heterocycles. The van der Waals surface area contributed by atoms with E-state index in [-0.39, 0.29) is 21.7 Å². The van der Waals surface area contributed by atoms with Gasteiger partial charge in [-0.05, 0) is 0 Å². The van der Waals surface area contributed by atoms with Gasteiger partial charge >= 0.3 is 569 Å². The Hall–Kier alpha value is -8.16. The molecule has 0 N–H and O–H groups in total. The Bertz CT molecular complexity index is 4510. The van der Waals surface area contributed by atoms with Crippen LogP contribution in [0.2, 0.25) is 0 Å². The zero-order valence-electron chi connectivity index (χ0n) is 64.3. The van der Waals surface area contributed by atoms with Crippen LogP contribution in [-0.2, 0) is 56.9 Å². The fraction of sp³-hybridized carbons (Fsp3) is 0.256. The van der Waals surface area contributed by atoms with Gasteiger partial charge in [-0.1, -0.05) is 0 Å². The molecule has 10 nitrogen and oxygen atoms in total. The summed E-state index contributed by atoms with van der Waals surface area (Å²) in [7, 11) is 0. The van der Waals surface area contributed by atoms with Gasteiger partial charge in [-0.25, -0.2) is 0 Å². The summed E-state index contributed by atoms with van der Waals surface area (Å²) in [4.78, 5) is 17.7. The van der Waals surface area contributed by atoms with E-state index in [9.17, 15) is 16.4 Å². The number of anilines is 18. The van der Waals surface area contributed by atoms with Gasteiger partial charge < -0.3 is 0 Å². The normalized spacial score (nSPS) is 18.8. The van der Waals surface area contributed by atoms with Crippen LogP contribution in [0.15, 0.2) is 170 Å². The van der Waals surface area contributed by atoms with Crippen molar-refractivity contribution in [3.8, 4) is 0 Å². The fourth-order valence-electron chi connectivity index (χ4n) is 12.3. The summed E-state index contributed by atoms with van der Waals surface area (Å²) in [6.45, 7) is 14.6. The molecule has 12 heteroatoms. The summed E-state index contributed by atoms with van der Waals surface area (Å²) in [5, 5.41) is 0. The first kappa shape index (κ1) is 46.0.